The number of rotatable bonds is 8. The largest absolute Gasteiger partial charge is 0.303 e. The predicted molar refractivity (Wildman–Crippen MR) is 112 cm³/mol. The Kier molecular flexibility index (Phi) is 7.03. The number of sulfone groups is 1. The molecule has 4 nitrogen and oxygen atoms in total. The van der Waals surface area contributed by atoms with E-state index >= 15 is 0 Å². The lowest BCUT2D eigenvalue weighted by atomic mass is 10.0. The standard InChI is InChI=1S/C23H29NO3S/c1-19-10-12-22(13-11-19)28(26,27)23(20-8-4-2-5-9-20)18-21(25)14-17-24-15-6-3-7-16-24/h2,4-5,8-13,23H,3,6-7,14-18H2,1H3. The number of nitrogens with zero attached hydrogens (tertiary/aromatic N) is 1. The van der Waals surface area contributed by atoms with Gasteiger partial charge in [0.2, 0.25) is 0 Å². The highest BCUT2D eigenvalue weighted by Gasteiger charge is 2.31. The molecule has 1 aliphatic rings. The first-order valence-electron chi connectivity index (χ1n) is 10.1. The molecular weight excluding hydrogens is 370 g/mol. The van der Waals surface area contributed by atoms with Gasteiger partial charge < -0.3 is 4.90 Å². The van der Waals surface area contributed by atoms with E-state index in [-0.39, 0.29) is 17.1 Å². The smallest absolute Gasteiger partial charge is 0.185 e. The number of carbonyl (C=O) groups is 1. The van der Waals surface area contributed by atoms with Crippen molar-refractivity contribution in [3.63, 3.8) is 0 Å². The third-order valence-corrected chi connectivity index (χ3v) is 7.58. The van der Waals surface area contributed by atoms with Crippen molar-refractivity contribution >= 4 is 15.6 Å². The fraction of sp³-hybridized carbons (Fsp3) is 0.435. The molecule has 1 heterocycles. The van der Waals surface area contributed by atoms with Crippen LogP contribution in [0.15, 0.2) is 59.5 Å². The summed E-state index contributed by atoms with van der Waals surface area (Å²) in [5.41, 5.74) is 1.68. The van der Waals surface area contributed by atoms with E-state index in [1.807, 2.05) is 25.1 Å². The molecule has 5 heteroatoms. The van der Waals surface area contributed by atoms with Gasteiger partial charge in [0.25, 0.3) is 0 Å². The Morgan fingerprint density at radius 3 is 2.25 bits per heavy atom. The minimum atomic E-state index is -3.64. The average molecular weight is 400 g/mol. The minimum Gasteiger partial charge on any atom is -0.303 e. The lowest BCUT2D eigenvalue weighted by Gasteiger charge is -2.26. The van der Waals surface area contributed by atoms with Crippen LogP contribution >= 0.6 is 0 Å². The summed E-state index contributed by atoms with van der Waals surface area (Å²) in [5.74, 6) is 0.00936. The zero-order valence-corrected chi connectivity index (χ0v) is 17.3. The van der Waals surface area contributed by atoms with Crippen molar-refractivity contribution in [3.8, 4) is 0 Å². The van der Waals surface area contributed by atoms with E-state index < -0.39 is 15.1 Å². The van der Waals surface area contributed by atoms with Crippen molar-refractivity contribution in [3.05, 3.63) is 65.7 Å². The van der Waals surface area contributed by atoms with Gasteiger partial charge in [0.15, 0.2) is 9.84 Å². The molecule has 1 unspecified atom stereocenters. The third kappa shape index (κ3) is 5.30. The molecule has 1 atom stereocenters. The zero-order chi connectivity index (χ0) is 20.0. The number of ketones is 1. The molecule has 150 valence electrons. The number of carbonyl (C=O) groups excluding carboxylic acids is 1. The molecule has 0 aromatic heterocycles. The number of hydrogen-bond donors (Lipinski definition) is 0. The van der Waals surface area contributed by atoms with Crippen LogP contribution in [0.3, 0.4) is 0 Å². The van der Waals surface area contributed by atoms with Gasteiger partial charge in [-0.2, -0.15) is 0 Å². The van der Waals surface area contributed by atoms with Gasteiger partial charge in [0.1, 0.15) is 5.78 Å². The summed E-state index contributed by atoms with van der Waals surface area (Å²) in [5, 5.41) is -0.842. The molecule has 2 aromatic carbocycles. The van der Waals surface area contributed by atoms with Crippen molar-refractivity contribution in [1.29, 1.82) is 0 Å². The van der Waals surface area contributed by atoms with E-state index in [0.29, 0.717) is 12.0 Å². The van der Waals surface area contributed by atoms with E-state index in [1.54, 1.807) is 36.4 Å². The first-order chi connectivity index (χ1) is 13.5. The Labute approximate surface area is 168 Å². The fourth-order valence-corrected chi connectivity index (χ4v) is 5.51. The summed E-state index contributed by atoms with van der Waals surface area (Å²) in [6, 6.07) is 16.0. The molecule has 0 spiro atoms. The molecule has 0 aliphatic carbocycles. The zero-order valence-electron chi connectivity index (χ0n) is 16.5. The molecule has 1 fully saturated rings. The van der Waals surface area contributed by atoms with E-state index in [9.17, 15) is 13.2 Å². The Morgan fingerprint density at radius 2 is 1.61 bits per heavy atom. The second-order valence-corrected chi connectivity index (χ2v) is 9.78. The maximum atomic E-state index is 13.3. The summed E-state index contributed by atoms with van der Waals surface area (Å²) >= 11 is 0. The molecule has 28 heavy (non-hydrogen) atoms. The molecule has 0 radical (unpaired) electrons. The van der Waals surface area contributed by atoms with Crippen LogP contribution in [0.4, 0.5) is 0 Å². The molecule has 0 amide bonds. The quantitative estimate of drug-likeness (QED) is 0.662. The normalized spacial score (nSPS) is 16.6. The number of likely N-dealkylation sites (tertiary alicyclic amines) is 1. The van der Waals surface area contributed by atoms with Gasteiger partial charge in [-0.15, -0.1) is 0 Å². The summed E-state index contributed by atoms with van der Waals surface area (Å²) in [7, 11) is -3.64. The topological polar surface area (TPSA) is 54.5 Å². The van der Waals surface area contributed by atoms with Gasteiger partial charge in [-0.1, -0.05) is 54.4 Å². The lowest BCUT2D eigenvalue weighted by Crippen LogP contribution is -2.32. The van der Waals surface area contributed by atoms with Crippen molar-refractivity contribution in [2.24, 2.45) is 0 Å². The molecule has 2 aromatic rings. The number of aryl methyl sites for hydroxylation is 1. The van der Waals surface area contributed by atoms with Crippen LogP contribution in [0.25, 0.3) is 0 Å². The van der Waals surface area contributed by atoms with E-state index in [2.05, 4.69) is 4.90 Å². The second kappa shape index (κ2) is 9.48. The highest BCUT2D eigenvalue weighted by Crippen LogP contribution is 2.32. The van der Waals surface area contributed by atoms with Crippen LogP contribution in [0.1, 0.15) is 48.5 Å². The van der Waals surface area contributed by atoms with Gasteiger partial charge in [-0.3, -0.25) is 4.79 Å². The number of benzene rings is 2. The fourth-order valence-electron chi connectivity index (χ4n) is 3.74. The van der Waals surface area contributed by atoms with Crippen LogP contribution in [-0.4, -0.2) is 38.7 Å². The molecular formula is C23H29NO3S. The molecule has 0 saturated carbocycles. The number of piperidine rings is 1. The van der Waals surface area contributed by atoms with Gasteiger partial charge >= 0.3 is 0 Å². The maximum absolute atomic E-state index is 13.3. The van der Waals surface area contributed by atoms with Crippen LogP contribution in [-0.2, 0) is 14.6 Å². The van der Waals surface area contributed by atoms with Crippen molar-refractivity contribution < 1.29 is 13.2 Å². The highest BCUT2D eigenvalue weighted by atomic mass is 32.2. The van der Waals surface area contributed by atoms with Gasteiger partial charge in [-0.25, -0.2) is 8.42 Å². The van der Waals surface area contributed by atoms with Crippen molar-refractivity contribution in [2.45, 2.75) is 49.2 Å². The molecule has 1 saturated heterocycles. The first kappa shape index (κ1) is 20.7. The summed E-state index contributed by atoms with van der Waals surface area (Å²) < 4.78 is 26.6. The van der Waals surface area contributed by atoms with Crippen LogP contribution in [0, 0.1) is 6.92 Å². The maximum Gasteiger partial charge on any atom is 0.185 e. The third-order valence-electron chi connectivity index (χ3n) is 5.46. The minimum absolute atomic E-state index is 0.00936. The molecule has 0 bridgehead atoms. The Morgan fingerprint density at radius 1 is 0.964 bits per heavy atom. The Balaban J connectivity index is 1.77. The summed E-state index contributed by atoms with van der Waals surface area (Å²) in [6.07, 6.45) is 4.06. The first-order valence-corrected chi connectivity index (χ1v) is 11.6. The van der Waals surface area contributed by atoms with Crippen molar-refractivity contribution in [1.82, 2.24) is 4.90 Å². The molecule has 0 N–H and O–H groups in total. The van der Waals surface area contributed by atoms with E-state index in [4.69, 9.17) is 0 Å². The van der Waals surface area contributed by atoms with Crippen LogP contribution in [0.2, 0.25) is 0 Å². The molecule has 3 rings (SSSR count). The number of hydrogen-bond acceptors (Lipinski definition) is 4. The van der Waals surface area contributed by atoms with Crippen molar-refractivity contribution in [2.75, 3.05) is 19.6 Å². The van der Waals surface area contributed by atoms with Crippen LogP contribution < -0.4 is 0 Å². The number of Topliss-reactive ketones (excluding diaryl/α,β-unsaturated/α-hetero) is 1. The lowest BCUT2D eigenvalue weighted by molar-refractivity contribution is -0.119. The second-order valence-electron chi connectivity index (χ2n) is 7.65. The van der Waals surface area contributed by atoms with E-state index in [0.717, 1.165) is 25.2 Å². The SMILES string of the molecule is Cc1ccc(S(=O)(=O)C(CC(=O)CCN2CCCCC2)c2ccccc2)cc1. The monoisotopic (exact) mass is 399 g/mol. The van der Waals surface area contributed by atoms with E-state index in [1.165, 1.54) is 19.3 Å². The summed E-state index contributed by atoms with van der Waals surface area (Å²) in [6.45, 7) is 4.73. The molecule has 1 aliphatic heterocycles. The highest BCUT2D eigenvalue weighted by molar-refractivity contribution is 7.91. The Hall–Kier alpha value is -1.98. The van der Waals surface area contributed by atoms with Gasteiger partial charge in [0.05, 0.1) is 10.1 Å². The van der Waals surface area contributed by atoms with Crippen LogP contribution in [0.5, 0.6) is 0 Å². The van der Waals surface area contributed by atoms with Gasteiger partial charge in [0, 0.05) is 19.4 Å². The average Bonchev–Trinajstić information content (AvgIpc) is 2.72. The predicted octanol–water partition coefficient (Wildman–Crippen LogP) is 4.35. The Bertz CT molecular complexity index is 870. The summed E-state index contributed by atoms with van der Waals surface area (Å²) in [4.78, 5) is 15.3. The van der Waals surface area contributed by atoms with Gasteiger partial charge in [-0.05, 0) is 50.6 Å².